The van der Waals surface area contributed by atoms with E-state index in [0.29, 0.717) is 5.92 Å². The van der Waals surface area contributed by atoms with Gasteiger partial charge in [0.2, 0.25) is 0 Å². The second-order valence-corrected chi connectivity index (χ2v) is 2.41. The Morgan fingerprint density at radius 3 is 2.70 bits per heavy atom. The molecule has 10 heavy (non-hydrogen) atoms. The third-order valence-electron chi connectivity index (χ3n) is 0.870. The number of hydrogen-bond donors (Lipinski definition) is 0. The molecule has 0 rings (SSSR count). The van der Waals surface area contributed by atoms with Crippen LogP contribution in [0.2, 0.25) is 0 Å². The maximum atomic E-state index is 9.75. The zero-order valence-electron chi connectivity index (χ0n) is 6.42. The van der Waals surface area contributed by atoms with Crippen molar-refractivity contribution in [1.29, 1.82) is 0 Å². The van der Waals surface area contributed by atoms with E-state index < -0.39 is 0 Å². The van der Waals surface area contributed by atoms with E-state index in [1.165, 1.54) is 6.08 Å². The van der Waals surface area contributed by atoms with Crippen LogP contribution in [0.3, 0.4) is 0 Å². The van der Waals surface area contributed by atoms with Gasteiger partial charge in [-0.1, -0.05) is 25.7 Å². The lowest BCUT2D eigenvalue weighted by Gasteiger charge is -1.91. The highest BCUT2D eigenvalue weighted by atomic mass is 16.1. The van der Waals surface area contributed by atoms with Crippen LogP contribution >= 0.6 is 0 Å². The zero-order chi connectivity index (χ0) is 7.82. The summed E-state index contributed by atoms with van der Waals surface area (Å²) >= 11 is 0. The molecule has 0 aliphatic carbocycles. The van der Waals surface area contributed by atoms with Crippen LogP contribution in [-0.4, -0.2) is 6.29 Å². The Hall–Kier alpha value is -1.03. The molecule has 1 heteroatoms. The Morgan fingerprint density at radius 1 is 1.50 bits per heavy atom. The van der Waals surface area contributed by atoms with E-state index >= 15 is 0 Å². The average Bonchev–Trinajstić information content (AvgIpc) is 1.87. The first-order valence-corrected chi connectivity index (χ1v) is 3.36. The summed E-state index contributed by atoms with van der Waals surface area (Å²) in [6.07, 6.45) is 4.58. The molecule has 0 aliphatic heterocycles. The van der Waals surface area contributed by atoms with Gasteiger partial charge in [-0.05, 0) is 18.1 Å². The van der Waals surface area contributed by atoms with Gasteiger partial charge >= 0.3 is 0 Å². The molecule has 0 aromatic carbocycles. The van der Waals surface area contributed by atoms with E-state index in [2.05, 4.69) is 25.7 Å². The van der Waals surface area contributed by atoms with Crippen LogP contribution in [0.15, 0.2) is 12.2 Å². The van der Waals surface area contributed by atoms with E-state index in [4.69, 9.17) is 0 Å². The smallest absolute Gasteiger partial charge is 0.143 e. The van der Waals surface area contributed by atoms with E-state index in [0.717, 1.165) is 12.7 Å². The second kappa shape index (κ2) is 6.10. The van der Waals surface area contributed by atoms with Crippen molar-refractivity contribution in [2.75, 3.05) is 0 Å². The summed E-state index contributed by atoms with van der Waals surface area (Å²) in [7, 11) is 0. The molecule has 1 nitrogen and oxygen atoms in total. The average molecular weight is 136 g/mol. The number of hydrogen-bond acceptors (Lipinski definition) is 1. The molecule has 0 aromatic rings. The quantitative estimate of drug-likeness (QED) is 0.321. The van der Waals surface area contributed by atoms with Gasteiger partial charge in [-0.3, -0.25) is 4.79 Å². The minimum Gasteiger partial charge on any atom is -0.299 e. The molecular weight excluding hydrogens is 124 g/mol. The van der Waals surface area contributed by atoms with Crippen LogP contribution in [0, 0.1) is 17.8 Å². The maximum absolute atomic E-state index is 9.75. The molecule has 0 aromatic heterocycles. The standard InChI is InChI=1S/C9H12O/c1-9(2)7-5-3-4-6-8-10/h4,6,8-9H,7H2,1-2H3. The first-order valence-electron chi connectivity index (χ1n) is 3.36. The largest absolute Gasteiger partial charge is 0.299 e. The molecule has 0 N–H and O–H groups in total. The second-order valence-electron chi connectivity index (χ2n) is 2.41. The summed E-state index contributed by atoms with van der Waals surface area (Å²) in [5.41, 5.74) is 0. The molecule has 0 amide bonds. The van der Waals surface area contributed by atoms with E-state index in [1.54, 1.807) is 6.08 Å². The molecule has 0 aliphatic rings. The first-order chi connectivity index (χ1) is 4.77. The van der Waals surface area contributed by atoms with Crippen LogP contribution in [0.25, 0.3) is 0 Å². The fourth-order valence-electron chi connectivity index (χ4n) is 0.409. The van der Waals surface area contributed by atoms with Crippen molar-refractivity contribution in [3.63, 3.8) is 0 Å². The molecule has 0 fully saturated rings. The summed E-state index contributed by atoms with van der Waals surface area (Å²) in [4.78, 5) is 9.75. The van der Waals surface area contributed by atoms with Gasteiger partial charge in [-0.2, -0.15) is 0 Å². The lowest BCUT2D eigenvalue weighted by molar-refractivity contribution is -0.104. The lowest BCUT2D eigenvalue weighted by Crippen LogP contribution is -1.80. The Morgan fingerprint density at radius 2 is 2.20 bits per heavy atom. The Balaban J connectivity index is 3.49. The van der Waals surface area contributed by atoms with Crippen molar-refractivity contribution in [2.24, 2.45) is 5.92 Å². The maximum Gasteiger partial charge on any atom is 0.143 e. The number of rotatable bonds is 2. The van der Waals surface area contributed by atoms with Gasteiger partial charge < -0.3 is 0 Å². The zero-order valence-corrected chi connectivity index (χ0v) is 6.42. The molecule has 0 radical (unpaired) electrons. The Bertz CT molecular complexity index is 167. The third kappa shape index (κ3) is 6.97. The number of aldehydes is 1. The monoisotopic (exact) mass is 136 g/mol. The van der Waals surface area contributed by atoms with Crippen LogP contribution in [-0.2, 0) is 4.79 Å². The highest BCUT2D eigenvalue weighted by Crippen LogP contribution is 1.95. The minimum atomic E-state index is 0.608. The van der Waals surface area contributed by atoms with Gasteiger partial charge in [0.1, 0.15) is 6.29 Å². The molecule has 0 saturated heterocycles. The van der Waals surface area contributed by atoms with E-state index in [-0.39, 0.29) is 0 Å². The van der Waals surface area contributed by atoms with Crippen molar-refractivity contribution in [3.8, 4) is 11.8 Å². The molecule has 0 spiro atoms. The fourth-order valence-corrected chi connectivity index (χ4v) is 0.409. The number of allylic oxidation sites excluding steroid dienone is 2. The van der Waals surface area contributed by atoms with Crippen molar-refractivity contribution < 1.29 is 4.79 Å². The third-order valence-corrected chi connectivity index (χ3v) is 0.870. The van der Waals surface area contributed by atoms with Crippen LogP contribution in [0.1, 0.15) is 20.3 Å². The molecule has 0 bridgehead atoms. The molecule has 54 valence electrons. The molecule has 0 saturated carbocycles. The normalized spacial score (nSPS) is 9.50. The summed E-state index contributed by atoms with van der Waals surface area (Å²) in [6.45, 7) is 4.22. The molecular formula is C9H12O. The van der Waals surface area contributed by atoms with Crippen molar-refractivity contribution in [1.82, 2.24) is 0 Å². The molecule has 0 unspecified atom stereocenters. The lowest BCUT2D eigenvalue weighted by atomic mass is 10.1. The molecule has 0 atom stereocenters. The van der Waals surface area contributed by atoms with Gasteiger partial charge in [0.05, 0.1) is 0 Å². The predicted molar refractivity (Wildman–Crippen MR) is 42.4 cm³/mol. The Kier molecular flexibility index (Phi) is 5.47. The van der Waals surface area contributed by atoms with Gasteiger partial charge in [-0.25, -0.2) is 0 Å². The number of carbonyl (C=O) groups is 1. The number of carbonyl (C=O) groups excluding carboxylic acids is 1. The first kappa shape index (κ1) is 8.97. The topological polar surface area (TPSA) is 17.1 Å². The SMILES string of the molecule is CC(C)CC#CC=CC=O. The fraction of sp³-hybridized carbons (Fsp3) is 0.444. The summed E-state index contributed by atoms with van der Waals surface area (Å²) < 4.78 is 0. The Labute approximate surface area is 62.1 Å². The summed E-state index contributed by atoms with van der Waals surface area (Å²) in [6, 6.07) is 0. The summed E-state index contributed by atoms with van der Waals surface area (Å²) in [5.74, 6) is 6.29. The van der Waals surface area contributed by atoms with E-state index in [9.17, 15) is 4.79 Å². The van der Waals surface area contributed by atoms with Gasteiger partial charge in [-0.15, -0.1) is 0 Å². The van der Waals surface area contributed by atoms with Crippen LogP contribution in [0.5, 0.6) is 0 Å². The van der Waals surface area contributed by atoms with Crippen molar-refractivity contribution in [3.05, 3.63) is 12.2 Å². The van der Waals surface area contributed by atoms with Gasteiger partial charge in [0.25, 0.3) is 0 Å². The van der Waals surface area contributed by atoms with Crippen LogP contribution < -0.4 is 0 Å². The predicted octanol–water partition coefficient (Wildman–Crippen LogP) is 1.79. The van der Waals surface area contributed by atoms with Gasteiger partial charge in [0, 0.05) is 6.42 Å². The van der Waals surface area contributed by atoms with Crippen LogP contribution in [0.4, 0.5) is 0 Å². The molecule has 0 heterocycles. The minimum absolute atomic E-state index is 0.608. The van der Waals surface area contributed by atoms with E-state index in [1.807, 2.05) is 0 Å². The summed E-state index contributed by atoms with van der Waals surface area (Å²) in [5, 5.41) is 0. The van der Waals surface area contributed by atoms with Crippen molar-refractivity contribution in [2.45, 2.75) is 20.3 Å². The van der Waals surface area contributed by atoms with Crippen molar-refractivity contribution >= 4 is 6.29 Å². The highest BCUT2D eigenvalue weighted by molar-refractivity contribution is 5.65. The highest BCUT2D eigenvalue weighted by Gasteiger charge is 1.84. The van der Waals surface area contributed by atoms with Gasteiger partial charge in [0.15, 0.2) is 0 Å².